The summed E-state index contributed by atoms with van der Waals surface area (Å²) in [6, 6.07) is 3.45. The van der Waals surface area contributed by atoms with Crippen LogP contribution in [-0.4, -0.2) is 36.2 Å². The van der Waals surface area contributed by atoms with Crippen molar-refractivity contribution in [2.75, 3.05) is 0 Å². The van der Waals surface area contributed by atoms with E-state index in [1.165, 1.54) is 6.07 Å². The predicted octanol–water partition coefficient (Wildman–Crippen LogP) is 3.93. The van der Waals surface area contributed by atoms with Crippen molar-refractivity contribution in [1.29, 1.82) is 5.26 Å². The average molecular weight is 464 g/mol. The van der Waals surface area contributed by atoms with Crippen LogP contribution in [0.1, 0.15) is 49.9 Å². The van der Waals surface area contributed by atoms with Gasteiger partial charge in [0.05, 0.1) is 29.3 Å². The fourth-order valence-electron chi connectivity index (χ4n) is 6.11. The third kappa shape index (κ3) is 3.17. The first-order valence-corrected chi connectivity index (χ1v) is 11.6. The smallest absolute Gasteiger partial charge is 0.307 e. The standard InChI is InChI=1S/C24H22F2N6O2/c25-13-7-15-19(31-32-21(15)28-9-13)22-29-16(18(26)20(30-22)24(10-27)5-6-24)8-14-11-1-3-12(4-2-11)17(14)23(33)34/h7,9,11-12,14,17H,1-6,8H2,(H,33,34)(H,28,31,32)/t11?,12?,14-,17-/m0/s1. The highest BCUT2D eigenvalue weighted by atomic mass is 19.1. The molecule has 4 aliphatic rings. The van der Waals surface area contributed by atoms with Crippen LogP contribution in [0.25, 0.3) is 22.6 Å². The lowest BCUT2D eigenvalue weighted by Crippen LogP contribution is -2.45. The Bertz CT molecular complexity index is 1350. The number of fused-ring (bicyclic) bond motifs is 4. The molecule has 174 valence electrons. The third-order valence-corrected chi connectivity index (χ3v) is 8.04. The van der Waals surface area contributed by atoms with Crippen molar-refractivity contribution in [3.63, 3.8) is 0 Å². The Morgan fingerprint density at radius 1 is 1.21 bits per heavy atom. The van der Waals surface area contributed by atoms with Gasteiger partial charge in [-0.25, -0.2) is 23.7 Å². The second kappa shape index (κ2) is 7.52. The molecule has 3 heterocycles. The summed E-state index contributed by atoms with van der Waals surface area (Å²) in [5.74, 6) is -2.41. The maximum absolute atomic E-state index is 15.8. The number of nitriles is 1. The van der Waals surface area contributed by atoms with E-state index >= 15 is 4.39 Å². The normalized spacial score (nSPS) is 27.0. The van der Waals surface area contributed by atoms with Gasteiger partial charge in [0.15, 0.2) is 17.3 Å². The number of carbonyl (C=O) groups is 1. The molecular weight excluding hydrogens is 442 g/mol. The van der Waals surface area contributed by atoms with Crippen LogP contribution in [0, 0.1) is 46.6 Å². The van der Waals surface area contributed by atoms with Gasteiger partial charge in [-0.05, 0) is 68.8 Å². The van der Waals surface area contributed by atoms with E-state index in [9.17, 15) is 19.6 Å². The molecule has 4 fully saturated rings. The van der Waals surface area contributed by atoms with Gasteiger partial charge in [-0.3, -0.25) is 9.89 Å². The van der Waals surface area contributed by atoms with Crippen molar-refractivity contribution < 1.29 is 18.7 Å². The van der Waals surface area contributed by atoms with Gasteiger partial charge in [-0.1, -0.05) is 0 Å². The lowest BCUT2D eigenvalue weighted by atomic mass is 9.57. The van der Waals surface area contributed by atoms with Gasteiger partial charge in [-0.2, -0.15) is 10.4 Å². The van der Waals surface area contributed by atoms with Crippen molar-refractivity contribution in [1.82, 2.24) is 25.1 Å². The first kappa shape index (κ1) is 21.1. The molecule has 3 aromatic rings. The van der Waals surface area contributed by atoms with Crippen molar-refractivity contribution in [3.05, 3.63) is 35.3 Å². The molecule has 34 heavy (non-hydrogen) atoms. The zero-order chi connectivity index (χ0) is 23.6. The fourth-order valence-corrected chi connectivity index (χ4v) is 6.11. The minimum atomic E-state index is -1.02. The van der Waals surface area contributed by atoms with Crippen molar-refractivity contribution in [2.45, 2.75) is 50.4 Å². The van der Waals surface area contributed by atoms with Crippen LogP contribution in [0.4, 0.5) is 8.78 Å². The predicted molar refractivity (Wildman–Crippen MR) is 115 cm³/mol. The van der Waals surface area contributed by atoms with Crippen LogP contribution in [0.15, 0.2) is 12.3 Å². The summed E-state index contributed by atoms with van der Waals surface area (Å²) in [6.45, 7) is 0. The molecule has 0 saturated heterocycles. The largest absolute Gasteiger partial charge is 0.481 e. The topological polar surface area (TPSA) is 128 Å². The second-order valence-electron chi connectivity index (χ2n) is 9.88. The number of hydrogen-bond donors (Lipinski definition) is 2. The number of nitrogens with zero attached hydrogens (tertiary/aromatic N) is 5. The van der Waals surface area contributed by atoms with Crippen molar-refractivity contribution in [2.24, 2.45) is 23.7 Å². The van der Waals surface area contributed by atoms with Gasteiger partial charge < -0.3 is 5.11 Å². The number of carboxylic acid groups (broad SMARTS) is 1. The molecule has 10 heteroatoms. The molecule has 4 aliphatic carbocycles. The summed E-state index contributed by atoms with van der Waals surface area (Å²) >= 11 is 0. The highest BCUT2D eigenvalue weighted by molar-refractivity contribution is 5.88. The van der Waals surface area contributed by atoms with Gasteiger partial charge in [0.1, 0.15) is 22.6 Å². The zero-order valence-corrected chi connectivity index (χ0v) is 18.3. The van der Waals surface area contributed by atoms with Crippen LogP contribution in [0.3, 0.4) is 0 Å². The van der Waals surface area contributed by atoms with E-state index in [1.807, 2.05) is 0 Å². The lowest BCUT2D eigenvalue weighted by Gasteiger charge is -2.46. The number of aliphatic carboxylic acids is 1. The van der Waals surface area contributed by atoms with Gasteiger partial charge in [0, 0.05) is 0 Å². The van der Waals surface area contributed by atoms with E-state index in [0.29, 0.717) is 18.2 Å². The van der Waals surface area contributed by atoms with E-state index in [2.05, 4.69) is 31.2 Å². The van der Waals surface area contributed by atoms with Gasteiger partial charge in [-0.15, -0.1) is 0 Å². The number of H-pyrrole nitrogens is 1. The fraction of sp³-hybridized carbons (Fsp3) is 0.500. The first-order chi connectivity index (χ1) is 16.4. The number of hydrogen-bond acceptors (Lipinski definition) is 6. The molecule has 0 aromatic carbocycles. The number of aromatic amines is 1. The highest BCUT2D eigenvalue weighted by Crippen LogP contribution is 2.51. The molecule has 2 bridgehead atoms. The molecule has 0 spiro atoms. The van der Waals surface area contributed by atoms with E-state index < -0.39 is 28.9 Å². The SMILES string of the molecule is N#CC1(c2nc(-c3[nH]nc4ncc(F)cc34)nc(C[C@H]3C4CCC(CC4)[C@@H]3C(=O)O)c2F)CC1. The van der Waals surface area contributed by atoms with E-state index in [-0.39, 0.29) is 52.7 Å². The number of aromatic nitrogens is 5. The summed E-state index contributed by atoms with van der Waals surface area (Å²) in [6.07, 6.45) is 5.83. The molecule has 2 atom stereocenters. The number of pyridine rings is 1. The van der Waals surface area contributed by atoms with Crippen LogP contribution >= 0.6 is 0 Å². The molecule has 4 saturated carbocycles. The van der Waals surface area contributed by atoms with Gasteiger partial charge in [0.25, 0.3) is 0 Å². The minimum absolute atomic E-state index is 0.0231. The minimum Gasteiger partial charge on any atom is -0.481 e. The van der Waals surface area contributed by atoms with E-state index in [0.717, 1.165) is 31.9 Å². The van der Waals surface area contributed by atoms with Crippen LogP contribution in [0.2, 0.25) is 0 Å². The molecular formula is C24H22F2N6O2. The van der Waals surface area contributed by atoms with Crippen molar-refractivity contribution >= 4 is 17.0 Å². The number of nitrogens with one attached hydrogen (secondary N) is 1. The second-order valence-corrected chi connectivity index (χ2v) is 9.88. The molecule has 8 nitrogen and oxygen atoms in total. The summed E-state index contributed by atoms with van der Waals surface area (Å²) in [4.78, 5) is 25.0. The zero-order valence-electron chi connectivity index (χ0n) is 18.3. The average Bonchev–Trinajstić information content (AvgIpc) is 3.53. The molecule has 0 unspecified atom stereocenters. The van der Waals surface area contributed by atoms with Crippen LogP contribution in [-0.2, 0) is 16.6 Å². The summed E-state index contributed by atoms with van der Waals surface area (Å²) in [5.41, 5.74) is -0.330. The number of rotatable bonds is 5. The number of carboxylic acids is 1. The Kier molecular flexibility index (Phi) is 4.66. The lowest BCUT2D eigenvalue weighted by molar-refractivity contribution is -0.152. The van der Waals surface area contributed by atoms with E-state index in [1.54, 1.807) is 0 Å². The Balaban J connectivity index is 1.48. The Labute approximate surface area is 193 Å². The first-order valence-electron chi connectivity index (χ1n) is 11.6. The summed E-state index contributed by atoms with van der Waals surface area (Å²) in [7, 11) is 0. The van der Waals surface area contributed by atoms with Crippen LogP contribution < -0.4 is 0 Å². The maximum atomic E-state index is 15.8. The highest BCUT2D eigenvalue weighted by Gasteiger charge is 2.51. The van der Waals surface area contributed by atoms with Crippen LogP contribution in [0.5, 0.6) is 0 Å². The Morgan fingerprint density at radius 2 is 1.94 bits per heavy atom. The molecule has 7 rings (SSSR count). The number of halogens is 2. The van der Waals surface area contributed by atoms with E-state index in [4.69, 9.17) is 0 Å². The molecule has 0 radical (unpaired) electrons. The van der Waals surface area contributed by atoms with Gasteiger partial charge >= 0.3 is 5.97 Å². The summed E-state index contributed by atoms with van der Waals surface area (Å²) in [5, 5.41) is 26.9. The molecule has 2 N–H and O–H groups in total. The molecule has 0 aliphatic heterocycles. The van der Waals surface area contributed by atoms with Crippen molar-refractivity contribution in [3.8, 4) is 17.6 Å². The van der Waals surface area contributed by atoms with Gasteiger partial charge in [0.2, 0.25) is 0 Å². The summed E-state index contributed by atoms with van der Waals surface area (Å²) < 4.78 is 29.7. The maximum Gasteiger partial charge on any atom is 0.307 e. The molecule has 0 amide bonds. The Hall–Kier alpha value is -3.48. The third-order valence-electron chi connectivity index (χ3n) is 8.04. The molecule has 3 aromatic heterocycles. The quantitative estimate of drug-likeness (QED) is 0.585. The monoisotopic (exact) mass is 464 g/mol. The Morgan fingerprint density at radius 3 is 2.62 bits per heavy atom.